The van der Waals surface area contributed by atoms with Crippen molar-refractivity contribution < 1.29 is 9.90 Å². The summed E-state index contributed by atoms with van der Waals surface area (Å²) in [6, 6.07) is 3.57. The van der Waals surface area contributed by atoms with Crippen LogP contribution < -0.4 is 5.32 Å². The Morgan fingerprint density at radius 3 is 2.59 bits per heavy atom. The molecular weight excluding hydrogens is 216 g/mol. The Labute approximate surface area is 102 Å². The molecule has 1 atom stereocenters. The molecule has 0 aliphatic carbocycles. The molecule has 0 radical (unpaired) electrons. The van der Waals surface area contributed by atoms with Crippen LogP contribution in [0.4, 0.5) is 0 Å². The van der Waals surface area contributed by atoms with E-state index in [9.17, 15) is 9.90 Å². The average Bonchev–Trinajstić information content (AvgIpc) is 2.25. The van der Waals surface area contributed by atoms with Crippen molar-refractivity contribution in [1.82, 2.24) is 10.3 Å². The van der Waals surface area contributed by atoms with Gasteiger partial charge in [0.25, 0.3) is 5.91 Å². The second-order valence-corrected chi connectivity index (χ2v) is 4.61. The Hall–Kier alpha value is -1.42. The molecule has 1 aromatic heterocycles. The Morgan fingerprint density at radius 1 is 1.41 bits per heavy atom. The first kappa shape index (κ1) is 13.6. The van der Waals surface area contributed by atoms with Crippen LogP contribution in [0.25, 0.3) is 0 Å². The molecule has 4 heteroatoms. The highest BCUT2D eigenvalue weighted by Gasteiger charge is 2.13. The van der Waals surface area contributed by atoms with Crippen LogP contribution in [0.15, 0.2) is 12.1 Å². The van der Waals surface area contributed by atoms with Crippen molar-refractivity contribution in [2.24, 2.45) is 5.92 Å². The van der Waals surface area contributed by atoms with Crippen LogP contribution in [0, 0.1) is 19.8 Å². The number of aromatic nitrogens is 1. The van der Waals surface area contributed by atoms with Crippen molar-refractivity contribution in [2.45, 2.75) is 33.8 Å². The summed E-state index contributed by atoms with van der Waals surface area (Å²) < 4.78 is 0. The van der Waals surface area contributed by atoms with E-state index in [0.717, 1.165) is 5.69 Å². The first-order valence-corrected chi connectivity index (χ1v) is 5.82. The standard InChI is InChI=1S/C13H20N2O2/c1-8(2)12(16)7-14-13(17)11-6-5-9(3)15-10(11)4/h5-6,8,12,16H,7H2,1-4H3,(H,14,17). The molecule has 0 aromatic carbocycles. The van der Waals surface area contributed by atoms with E-state index in [0.29, 0.717) is 11.3 Å². The van der Waals surface area contributed by atoms with Gasteiger partial charge in [0.2, 0.25) is 0 Å². The minimum absolute atomic E-state index is 0.132. The zero-order valence-corrected chi connectivity index (χ0v) is 10.8. The molecule has 4 nitrogen and oxygen atoms in total. The lowest BCUT2D eigenvalue weighted by Crippen LogP contribution is -2.35. The van der Waals surface area contributed by atoms with Crippen LogP contribution in [0.5, 0.6) is 0 Å². The fourth-order valence-corrected chi connectivity index (χ4v) is 1.45. The molecule has 1 amide bonds. The highest BCUT2D eigenvalue weighted by molar-refractivity contribution is 5.95. The topological polar surface area (TPSA) is 62.2 Å². The number of rotatable bonds is 4. The van der Waals surface area contributed by atoms with E-state index < -0.39 is 6.10 Å². The molecule has 0 saturated carbocycles. The normalized spacial score (nSPS) is 12.6. The number of nitrogens with zero attached hydrogens (tertiary/aromatic N) is 1. The number of hydrogen-bond acceptors (Lipinski definition) is 3. The number of aliphatic hydroxyl groups is 1. The maximum atomic E-state index is 11.8. The zero-order chi connectivity index (χ0) is 13.0. The van der Waals surface area contributed by atoms with Crippen LogP contribution in [-0.4, -0.2) is 28.6 Å². The van der Waals surface area contributed by atoms with Gasteiger partial charge in [-0.25, -0.2) is 0 Å². The smallest absolute Gasteiger partial charge is 0.253 e. The number of carbonyl (C=O) groups excluding carboxylic acids is 1. The van der Waals surface area contributed by atoms with E-state index in [1.807, 2.05) is 20.8 Å². The minimum Gasteiger partial charge on any atom is -0.391 e. The van der Waals surface area contributed by atoms with Crippen LogP contribution in [0.1, 0.15) is 35.6 Å². The number of nitrogens with one attached hydrogen (secondary N) is 1. The average molecular weight is 236 g/mol. The first-order valence-electron chi connectivity index (χ1n) is 5.82. The summed E-state index contributed by atoms with van der Waals surface area (Å²) >= 11 is 0. The third kappa shape index (κ3) is 3.82. The molecule has 1 aromatic rings. The molecule has 0 aliphatic heterocycles. The highest BCUT2D eigenvalue weighted by atomic mass is 16.3. The predicted molar refractivity (Wildman–Crippen MR) is 66.9 cm³/mol. The SMILES string of the molecule is Cc1ccc(C(=O)NCC(O)C(C)C)c(C)n1. The largest absolute Gasteiger partial charge is 0.391 e. The van der Waals surface area contributed by atoms with Crippen molar-refractivity contribution in [3.05, 3.63) is 29.1 Å². The van der Waals surface area contributed by atoms with Crippen LogP contribution >= 0.6 is 0 Å². The van der Waals surface area contributed by atoms with Gasteiger partial charge in [0.05, 0.1) is 17.4 Å². The number of aliphatic hydroxyl groups excluding tert-OH is 1. The summed E-state index contributed by atoms with van der Waals surface area (Å²) in [4.78, 5) is 16.1. The summed E-state index contributed by atoms with van der Waals surface area (Å²) in [6.07, 6.45) is -0.516. The fraction of sp³-hybridized carbons (Fsp3) is 0.538. The van der Waals surface area contributed by atoms with Gasteiger partial charge in [-0.05, 0) is 31.9 Å². The van der Waals surface area contributed by atoms with Gasteiger partial charge in [-0.3, -0.25) is 9.78 Å². The molecular formula is C13H20N2O2. The van der Waals surface area contributed by atoms with Gasteiger partial charge in [0.1, 0.15) is 0 Å². The molecule has 2 N–H and O–H groups in total. The summed E-state index contributed by atoms with van der Waals surface area (Å²) in [5, 5.41) is 12.3. The molecule has 0 spiro atoms. The summed E-state index contributed by atoms with van der Waals surface area (Å²) in [5.41, 5.74) is 2.16. The maximum Gasteiger partial charge on any atom is 0.253 e. The van der Waals surface area contributed by atoms with Gasteiger partial charge in [0.15, 0.2) is 0 Å². The van der Waals surface area contributed by atoms with Gasteiger partial charge in [0, 0.05) is 12.2 Å². The van der Waals surface area contributed by atoms with E-state index in [1.54, 1.807) is 19.1 Å². The fourth-order valence-electron chi connectivity index (χ4n) is 1.45. The van der Waals surface area contributed by atoms with E-state index in [1.165, 1.54) is 0 Å². The molecule has 94 valence electrons. The maximum absolute atomic E-state index is 11.8. The van der Waals surface area contributed by atoms with Crippen molar-refractivity contribution in [3.63, 3.8) is 0 Å². The Morgan fingerprint density at radius 2 is 2.06 bits per heavy atom. The Balaban J connectivity index is 2.64. The Bertz CT molecular complexity index is 402. The second kappa shape index (κ2) is 5.77. The van der Waals surface area contributed by atoms with Gasteiger partial charge in [-0.15, -0.1) is 0 Å². The van der Waals surface area contributed by atoms with Gasteiger partial charge < -0.3 is 10.4 Å². The first-order chi connectivity index (χ1) is 7.91. The predicted octanol–water partition coefficient (Wildman–Crippen LogP) is 1.45. The number of hydrogen-bond donors (Lipinski definition) is 2. The quantitative estimate of drug-likeness (QED) is 0.831. The van der Waals surface area contributed by atoms with Crippen LogP contribution in [0.3, 0.4) is 0 Å². The minimum atomic E-state index is -0.516. The number of amides is 1. The third-order valence-corrected chi connectivity index (χ3v) is 2.71. The molecule has 0 fully saturated rings. The van der Waals surface area contributed by atoms with Crippen molar-refractivity contribution in [3.8, 4) is 0 Å². The van der Waals surface area contributed by atoms with E-state index in [4.69, 9.17) is 0 Å². The Kier molecular flexibility index (Phi) is 4.63. The number of pyridine rings is 1. The number of carbonyl (C=O) groups is 1. The van der Waals surface area contributed by atoms with E-state index >= 15 is 0 Å². The monoisotopic (exact) mass is 236 g/mol. The van der Waals surface area contributed by atoms with Crippen molar-refractivity contribution >= 4 is 5.91 Å². The van der Waals surface area contributed by atoms with Gasteiger partial charge in [-0.2, -0.15) is 0 Å². The molecule has 1 heterocycles. The summed E-state index contributed by atoms with van der Waals surface area (Å²) in [6.45, 7) is 7.78. The van der Waals surface area contributed by atoms with Crippen molar-refractivity contribution in [2.75, 3.05) is 6.54 Å². The molecule has 0 bridgehead atoms. The van der Waals surface area contributed by atoms with Gasteiger partial charge >= 0.3 is 0 Å². The molecule has 1 unspecified atom stereocenters. The lowest BCUT2D eigenvalue weighted by atomic mass is 10.1. The summed E-state index contributed by atoms with van der Waals surface area (Å²) in [7, 11) is 0. The highest BCUT2D eigenvalue weighted by Crippen LogP contribution is 2.06. The van der Waals surface area contributed by atoms with Crippen LogP contribution in [-0.2, 0) is 0 Å². The van der Waals surface area contributed by atoms with Gasteiger partial charge in [-0.1, -0.05) is 13.8 Å². The molecule has 0 saturated heterocycles. The zero-order valence-electron chi connectivity index (χ0n) is 10.8. The van der Waals surface area contributed by atoms with Crippen LogP contribution in [0.2, 0.25) is 0 Å². The molecule has 17 heavy (non-hydrogen) atoms. The summed E-state index contributed by atoms with van der Waals surface area (Å²) in [5.74, 6) is -0.0535. The third-order valence-electron chi connectivity index (χ3n) is 2.71. The number of aryl methyl sites for hydroxylation is 2. The molecule has 0 aliphatic rings. The van der Waals surface area contributed by atoms with Crippen molar-refractivity contribution in [1.29, 1.82) is 0 Å². The van der Waals surface area contributed by atoms with E-state index in [-0.39, 0.29) is 18.4 Å². The second-order valence-electron chi connectivity index (χ2n) is 4.61. The molecule has 1 rings (SSSR count). The lowest BCUT2D eigenvalue weighted by molar-refractivity contribution is 0.0870. The lowest BCUT2D eigenvalue weighted by Gasteiger charge is -2.15. The van der Waals surface area contributed by atoms with E-state index in [2.05, 4.69) is 10.3 Å².